The Morgan fingerprint density at radius 1 is 1.09 bits per heavy atom. The van der Waals surface area contributed by atoms with Gasteiger partial charge in [0.25, 0.3) is 5.91 Å². The van der Waals surface area contributed by atoms with Crippen molar-refractivity contribution < 1.29 is 14.3 Å². The molecule has 0 spiro atoms. The second-order valence-electron chi connectivity index (χ2n) is 3.71. The van der Waals surface area contributed by atoms with Gasteiger partial charge in [0.2, 0.25) is 0 Å². The Kier molecular flexibility index (Phi) is 7.18. The van der Waals surface area contributed by atoms with Crippen LogP contribution in [0.1, 0.15) is 34.7 Å². The third-order valence-electron chi connectivity index (χ3n) is 2.42. The highest BCUT2D eigenvalue weighted by atomic mass is 79.9. The molecule has 0 radical (unpaired) electrons. The standard InChI is InChI=1S/C13H10BrN3O3.C2H6/c1-20-13(19)10-11(16-7-6-15-10)17-12(18)8-2-4-9(14)5-3-8;1-2/h2-7H,1H3,(H,16,17,18);1-2H3. The molecule has 0 saturated heterocycles. The third-order valence-corrected chi connectivity index (χ3v) is 2.94. The van der Waals surface area contributed by atoms with Crippen molar-refractivity contribution in [2.45, 2.75) is 13.8 Å². The number of rotatable bonds is 3. The van der Waals surface area contributed by atoms with E-state index < -0.39 is 5.97 Å². The zero-order chi connectivity index (χ0) is 16.5. The highest BCUT2D eigenvalue weighted by Crippen LogP contribution is 2.14. The van der Waals surface area contributed by atoms with Crippen molar-refractivity contribution in [3.05, 3.63) is 52.4 Å². The molecular formula is C15H16BrN3O3. The van der Waals surface area contributed by atoms with Crippen LogP contribution in [0, 0.1) is 0 Å². The van der Waals surface area contributed by atoms with E-state index in [4.69, 9.17) is 0 Å². The van der Waals surface area contributed by atoms with Crippen LogP contribution in [0.3, 0.4) is 0 Å². The van der Waals surface area contributed by atoms with E-state index in [1.54, 1.807) is 24.3 Å². The first kappa shape index (κ1) is 17.8. The number of nitrogens with zero attached hydrogens (tertiary/aromatic N) is 2. The lowest BCUT2D eigenvalue weighted by Gasteiger charge is -2.07. The summed E-state index contributed by atoms with van der Waals surface area (Å²) in [6.45, 7) is 4.00. The molecule has 1 heterocycles. The van der Waals surface area contributed by atoms with Crippen molar-refractivity contribution in [3.8, 4) is 0 Å². The van der Waals surface area contributed by atoms with Crippen LogP contribution in [0.5, 0.6) is 0 Å². The van der Waals surface area contributed by atoms with Gasteiger partial charge in [-0.3, -0.25) is 4.79 Å². The number of ether oxygens (including phenoxy) is 1. The molecule has 0 unspecified atom stereocenters. The van der Waals surface area contributed by atoms with Crippen molar-refractivity contribution >= 4 is 33.6 Å². The molecule has 1 aromatic heterocycles. The van der Waals surface area contributed by atoms with E-state index in [0.717, 1.165) is 4.47 Å². The Morgan fingerprint density at radius 2 is 1.68 bits per heavy atom. The lowest BCUT2D eigenvalue weighted by molar-refractivity contribution is 0.0595. The van der Waals surface area contributed by atoms with Gasteiger partial charge in [-0.2, -0.15) is 0 Å². The second kappa shape index (κ2) is 8.89. The van der Waals surface area contributed by atoms with Gasteiger partial charge in [0.15, 0.2) is 11.5 Å². The predicted molar refractivity (Wildman–Crippen MR) is 86.8 cm³/mol. The molecule has 7 heteroatoms. The number of halogens is 1. The van der Waals surface area contributed by atoms with Gasteiger partial charge in [-0.05, 0) is 24.3 Å². The molecule has 0 aliphatic carbocycles. The third kappa shape index (κ3) is 4.63. The van der Waals surface area contributed by atoms with Gasteiger partial charge in [-0.1, -0.05) is 29.8 Å². The molecule has 0 bridgehead atoms. The minimum atomic E-state index is -0.663. The fraction of sp³-hybridized carbons (Fsp3) is 0.200. The number of anilines is 1. The molecule has 1 amide bonds. The van der Waals surface area contributed by atoms with Crippen LogP contribution in [0.25, 0.3) is 0 Å². The maximum atomic E-state index is 12.0. The quantitative estimate of drug-likeness (QED) is 0.843. The highest BCUT2D eigenvalue weighted by Gasteiger charge is 2.17. The molecule has 1 N–H and O–H groups in total. The van der Waals surface area contributed by atoms with E-state index in [1.165, 1.54) is 19.5 Å². The maximum absolute atomic E-state index is 12.0. The number of nitrogens with one attached hydrogen (secondary N) is 1. The summed E-state index contributed by atoms with van der Waals surface area (Å²) >= 11 is 3.29. The number of hydrogen-bond acceptors (Lipinski definition) is 5. The summed E-state index contributed by atoms with van der Waals surface area (Å²) in [6, 6.07) is 6.78. The maximum Gasteiger partial charge on any atom is 0.360 e. The summed E-state index contributed by atoms with van der Waals surface area (Å²) in [4.78, 5) is 31.3. The van der Waals surface area contributed by atoms with Crippen molar-refractivity contribution in [2.75, 3.05) is 12.4 Å². The molecule has 0 atom stereocenters. The summed E-state index contributed by atoms with van der Waals surface area (Å²) in [6.07, 6.45) is 2.73. The van der Waals surface area contributed by atoms with E-state index in [-0.39, 0.29) is 17.4 Å². The lowest BCUT2D eigenvalue weighted by Crippen LogP contribution is -2.17. The largest absolute Gasteiger partial charge is 0.464 e. The van der Waals surface area contributed by atoms with E-state index in [2.05, 4.69) is 36.0 Å². The van der Waals surface area contributed by atoms with Crippen LogP contribution in [0.4, 0.5) is 5.82 Å². The molecule has 0 fully saturated rings. The van der Waals surface area contributed by atoms with Crippen LogP contribution in [-0.4, -0.2) is 29.0 Å². The molecule has 2 aromatic rings. The molecule has 6 nitrogen and oxygen atoms in total. The van der Waals surface area contributed by atoms with Crippen molar-refractivity contribution in [2.24, 2.45) is 0 Å². The fourth-order valence-electron chi connectivity index (χ4n) is 1.46. The lowest BCUT2D eigenvalue weighted by atomic mass is 10.2. The SMILES string of the molecule is CC.COC(=O)c1nccnc1NC(=O)c1ccc(Br)cc1. The second-order valence-corrected chi connectivity index (χ2v) is 4.62. The van der Waals surface area contributed by atoms with Gasteiger partial charge in [-0.15, -0.1) is 0 Å². The average molecular weight is 366 g/mol. The van der Waals surface area contributed by atoms with E-state index in [9.17, 15) is 9.59 Å². The van der Waals surface area contributed by atoms with Gasteiger partial charge < -0.3 is 10.1 Å². The Bertz CT molecular complexity index is 645. The summed E-state index contributed by atoms with van der Waals surface area (Å²) in [5, 5.41) is 2.53. The number of methoxy groups -OCH3 is 1. The minimum Gasteiger partial charge on any atom is -0.464 e. The molecular weight excluding hydrogens is 350 g/mol. The molecule has 22 heavy (non-hydrogen) atoms. The Balaban J connectivity index is 0.00000116. The van der Waals surface area contributed by atoms with Crippen LogP contribution in [0.15, 0.2) is 41.1 Å². The normalized spacial score (nSPS) is 9.27. The highest BCUT2D eigenvalue weighted by molar-refractivity contribution is 9.10. The van der Waals surface area contributed by atoms with Crippen LogP contribution < -0.4 is 5.32 Å². The minimum absolute atomic E-state index is 0.0412. The van der Waals surface area contributed by atoms with E-state index >= 15 is 0 Å². The molecule has 1 aromatic carbocycles. The number of amides is 1. The van der Waals surface area contributed by atoms with Gasteiger partial charge in [-0.25, -0.2) is 14.8 Å². The zero-order valence-electron chi connectivity index (χ0n) is 12.5. The van der Waals surface area contributed by atoms with E-state index in [0.29, 0.717) is 5.56 Å². The Labute approximate surface area is 137 Å². The molecule has 2 rings (SSSR count). The topological polar surface area (TPSA) is 81.2 Å². The average Bonchev–Trinajstić information content (AvgIpc) is 2.57. The smallest absolute Gasteiger partial charge is 0.360 e. The fourth-order valence-corrected chi connectivity index (χ4v) is 1.72. The molecule has 0 aliphatic heterocycles. The monoisotopic (exact) mass is 365 g/mol. The molecule has 0 aliphatic rings. The molecule has 116 valence electrons. The van der Waals surface area contributed by atoms with Gasteiger partial charge in [0, 0.05) is 22.4 Å². The summed E-state index contributed by atoms with van der Waals surface area (Å²) in [7, 11) is 1.23. The number of carbonyl (C=O) groups excluding carboxylic acids is 2. The summed E-state index contributed by atoms with van der Waals surface area (Å²) in [5.74, 6) is -0.986. The number of carbonyl (C=O) groups is 2. The summed E-state index contributed by atoms with van der Waals surface area (Å²) < 4.78 is 5.45. The Morgan fingerprint density at radius 3 is 2.27 bits per heavy atom. The number of hydrogen-bond donors (Lipinski definition) is 1. The number of benzene rings is 1. The van der Waals surface area contributed by atoms with Crippen LogP contribution in [-0.2, 0) is 4.74 Å². The van der Waals surface area contributed by atoms with E-state index in [1.807, 2.05) is 13.8 Å². The van der Waals surface area contributed by atoms with Gasteiger partial charge >= 0.3 is 5.97 Å². The number of esters is 1. The van der Waals surface area contributed by atoms with Gasteiger partial charge in [0.1, 0.15) is 0 Å². The van der Waals surface area contributed by atoms with Crippen molar-refractivity contribution in [3.63, 3.8) is 0 Å². The summed E-state index contributed by atoms with van der Waals surface area (Å²) in [5.41, 5.74) is 0.398. The first-order valence-corrected chi connectivity index (χ1v) is 7.37. The van der Waals surface area contributed by atoms with Crippen molar-refractivity contribution in [1.82, 2.24) is 9.97 Å². The first-order valence-electron chi connectivity index (χ1n) is 6.58. The van der Waals surface area contributed by atoms with Gasteiger partial charge in [0.05, 0.1) is 7.11 Å². The van der Waals surface area contributed by atoms with Crippen LogP contribution in [0.2, 0.25) is 0 Å². The van der Waals surface area contributed by atoms with Crippen molar-refractivity contribution in [1.29, 1.82) is 0 Å². The van der Waals surface area contributed by atoms with Crippen LogP contribution >= 0.6 is 15.9 Å². The first-order chi connectivity index (χ1) is 10.6. The zero-order valence-corrected chi connectivity index (χ0v) is 14.0. The Hall–Kier alpha value is -2.28. The number of aromatic nitrogens is 2. The predicted octanol–water partition coefficient (Wildman–Crippen LogP) is 3.30. The molecule has 0 saturated carbocycles.